The number of nitriles is 1. The minimum Gasteiger partial charge on any atom is -0.381 e. The lowest BCUT2D eigenvalue weighted by Gasteiger charge is -2.27. The SMILES string of the molecule is CC(=O)NC1CCC(c2nnc(-c3cnc(-c4ccc5cc(C#N)cnn45)cc3NC3CCOCC3)s2)CC1. The van der Waals surface area contributed by atoms with Gasteiger partial charge in [-0.1, -0.05) is 11.3 Å². The van der Waals surface area contributed by atoms with Crippen LogP contribution in [-0.2, 0) is 9.53 Å². The Kier molecular flexibility index (Phi) is 7.22. The molecule has 4 aromatic rings. The van der Waals surface area contributed by atoms with Gasteiger partial charge in [-0.3, -0.25) is 9.78 Å². The van der Waals surface area contributed by atoms with Gasteiger partial charge < -0.3 is 15.4 Å². The summed E-state index contributed by atoms with van der Waals surface area (Å²) in [6.45, 7) is 3.06. The summed E-state index contributed by atoms with van der Waals surface area (Å²) in [6, 6.07) is 10.5. The van der Waals surface area contributed by atoms with Crippen molar-refractivity contribution in [2.24, 2.45) is 0 Å². The van der Waals surface area contributed by atoms with Gasteiger partial charge in [-0.15, -0.1) is 10.2 Å². The van der Waals surface area contributed by atoms with E-state index in [1.807, 2.05) is 24.4 Å². The number of fused-ring (bicyclic) bond motifs is 1. The monoisotopic (exact) mass is 542 g/mol. The highest BCUT2D eigenvalue weighted by Crippen LogP contribution is 2.39. The Labute approximate surface area is 230 Å². The number of amides is 1. The van der Waals surface area contributed by atoms with Crippen molar-refractivity contribution < 1.29 is 9.53 Å². The smallest absolute Gasteiger partial charge is 0.217 e. The van der Waals surface area contributed by atoms with E-state index in [1.54, 1.807) is 29.0 Å². The van der Waals surface area contributed by atoms with Gasteiger partial charge in [0.05, 0.1) is 34.2 Å². The third-order valence-corrected chi connectivity index (χ3v) is 8.65. The summed E-state index contributed by atoms with van der Waals surface area (Å²) >= 11 is 1.63. The van der Waals surface area contributed by atoms with Crippen LogP contribution >= 0.6 is 11.3 Å². The van der Waals surface area contributed by atoms with E-state index in [4.69, 9.17) is 9.72 Å². The number of carbonyl (C=O) groups is 1. The van der Waals surface area contributed by atoms with Crippen LogP contribution < -0.4 is 10.6 Å². The van der Waals surface area contributed by atoms with Crippen LogP contribution in [0, 0.1) is 11.3 Å². The van der Waals surface area contributed by atoms with E-state index >= 15 is 0 Å². The zero-order valence-corrected chi connectivity index (χ0v) is 22.6. The molecule has 11 heteroatoms. The number of hydrogen-bond acceptors (Lipinski definition) is 9. The number of anilines is 1. The Morgan fingerprint density at radius 2 is 1.90 bits per heavy atom. The van der Waals surface area contributed by atoms with Gasteiger partial charge >= 0.3 is 0 Å². The Morgan fingerprint density at radius 1 is 1.08 bits per heavy atom. The summed E-state index contributed by atoms with van der Waals surface area (Å²) in [4.78, 5) is 16.2. The number of pyridine rings is 1. The first-order chi connectivity index (χ1) is 19.1. The number of nitrogens with one attached hydrogen (secondary N) is 2. The van der Waals surface area contributed by atoms with Gasteiger partial charge in [0, 0.05) is 50.0 Å². The molecule has 0 bridgehead atoms. The molecule has 1 amide bonds. The van der Waals surface area contributed by atoms with Gasteiger partial charge in [0.2, 0.25) is 5.91 Å². The van der Waals surface area contributed by atoms with Gasteiger partial charge in [0.15, 0.2) is 5.01 Å². The summed E-state index contributed by atoms with van der Waals surface area (Å²) < 4.78 is 7.38. The van der Waals surface area contributed by atoms with Gasteiger partial charge in [0.1, 0.15) is 11.1 Å². The summed E-state index contributed by atoms with van der Waals surface area (Å²) in [5.41, 5.74) is 4.90. The number of nitrogens with zero attached hydrogens (tertiary/aromatic N) is 6. The van der Waals surface area contributed by atoms with Crippen molar-refractivity contribution in [1.82, 2.24) is 30.1 Å². The summed E-state index contributed by atoms with van der Waals surface area (Å²) in [7, 11) is 0. The molecule has 0 spiro atoms. The van der Waals surface area contributed by atoms with E-state index in [-0.39, 0.29) is 11.9 Å². The first kappa shape index (κ1) is 25.4. The molecule has 2 aliphatic rings. The Balaban J connectivity index is 1.30. The highest BCUT2D eigenvalue weighted by molar-refractivity contribution is 7.14. The Bertz CT molecular complexity index is 1530. The van der Waals surface area contributed by atoms with E-state index in [2.05, 4.69) is 38.1 Å². The summed E-state index contributed by atoms with van der Waals surface area (Å²) in [5.74, 6) is 0.393. The molecular weight excluding hydrogens is 512 g/mol. The molecule has 0 atom stereocenters. The molecule has 1 aliphatic heterocycles. The zero-order valence-electron chi connectivity index (χ0n) is 21.8. The fourth-order valence-electron chi connectivity index (χ4n) is 5.48. The van der Waals surface area contributed by atoms with Crippen LogP contribution in [0.4, 0.5) is 5.69 Å². The highest BCUT2D eigenvalue weighted by atomic mass is 32.1. The molecule has 1 aliphatic carbocycles. The van der Waals surface area contributed by atoms with E-state index in [1.165, 1.54) is 0 Å². The molecular formula is C28H30N8O2S. The van der Waals surface area contributed by atoms with Crippen LogP contribution in [0.1, 0.15) is 61.9 Å². The lowest BCUT2D eigenvalue weighted by Crippen LogP contribution is -2.35. The van der Waals surface area contributed by atoms with Crippen LogP contribution in [-0.4, -0.2) is 56.0 Å². The zero-order chi connectivity index (χ0) is 26.8. The van der Waals surface area contributed by atoms with Gasteiger partial charge in [-0.25, -0.2) is 4.52 Å². The van der Waals surface area contributed by atoms with Crippen molar-refractivity contribution in [2.75, 3.05) is 18.5 Å². The van der Waals surface area contributed by atoms with Crippen LogP contribution in [0.3, 0.4) is 0 Å². The molecule has 0 unspecified atom stereocenters. The average Bonchev–Trinajstić information content (AvgIpc) is 3.61. The number of carbonyl (C=O) groups excluding carboxylic acids is 1. The first-order valence-electron chi connectivity index (χ1n) is 13.4. The summed E-state index contributed by atoms with van der Waals surface area (Å²) in [6.07, 6.45) is 9.21. The van der Waals surface area contributed by atoms with E-state index in [9.17, 15) is 10.1 Å². The summed E-state index contributed by atoms with van der Waals surface area (Å²) in [5, 5.41) is 31.5. The van der Waals surface area contributed by atoms with Gasteiger partial charge in [0.25, 0.3) is 0 Å². The lowest BCUT2D eigenvalue weighted by atomic mass is 9.86. The fraction of sp³-hybridized carbons (Fsp3) is 0.429. The molecule has 2 N–H and O–H groups in total. The predicted molar refractivity (Wildman–Crippen MR) is 148 cm³/mol. The van der Waals surface area contributed by atoms with Crippen molar-refractivity contribution >= 4 is 28.4 Å². The second-order valence-electron chi connectivity index (χ2n) is 10.3. The fourth-order valence-corrected chi connectivity index (χ4v) is 6.52. The number of rotatable bonds is 6. The van der Waals surface area contributed by atoms with E-state index in [0.29, 0.717) is 17.5 Å². The van der Waals surface area contributed by atoms with Crippen LogP contribution in [0.5, 0.6) is 0 Å². The normalized spacial score (nSPS) is 20.0. The maximum absolute atomic E-state index is 11.4. The van der Waals surface area contributed by atoms with Gasteiger partial charge in [-0.2, -0.15) is 10.4 Å². The largest absolute Gasteiger partial charge is 0.381 e. The van der Waals surface area contributed by atoms with Crippen molar-refractivity contribution in [3.05, 3.63) is 47.2 Å². The number of aromatic nitrogens is 5. The standard InChI is InChI=1S/C28H30N8O2S/c1-17(37)32-20-4-2-19(3-5-20)27-34-35-28(39-27)23-16-30-25(13-24(23)33-21-8-10-38-11-9-21)26-7-6-22-12-18(14-29)15-31-36(22)26/h6-7,12-13,15-16,19-21H,2-5,8-11H2,1H3,(H,30,33)(H,32,37). The van der Waals surface area contributed by atoms with Crippen molar-refractivity contribution in [2.45, 2.75) is 63.5 Å². The molecule has 2 fully saturated rings. The van der Waals surface area contributed by atoms with Crippen molar-refractivity contribution in [1.29, 1.82) is 5.26 Å². The first-order valence-corrected chi connectivity index (χ1v) is 14.2. The predicted octanol–water partition coefficient (Wildman–Crippen LogP) is 4.54. The second kappa shape index (κ2) is 11.1. The molecule has 4 aromatic heterocycles. The lowest BCUT2D eigenvalue weighted by molar-refractivity contribution is -0.119. The third-order valence-electron chi connectivity index (χ3n) is 7.53. The van der Waals surface area contributed by atoms with Crippen LogP contribution in [0.2, 0.25) is 0 Å². The molecule has 5 heterocycles. The third kappa shape index (κ3) is 5.48. The van der Waals surface area contributed by atoms with E-state index in [0.717, 1.165) is 89.9 Å². The van der Waals surface area contributed by atoms with E-state index < -0.39 is 0 Å². The molecule has 0 aromatic carbocycles. The van der Waals surface area contributed by atoms with Crippen LogP contribution in [0.25, 0.3) is 27.5 Å². The minimum absolute atomic E-state index is 0.0352. The maximum Gasteiger partial charge on any atom is 0.217 e. The second-order valence-corrected chi connectivity index (χ2v) is 11.3. The maximum atomic E-state index is 11.4. The van der Waals surface area contributed by atoms with Gasteiger partial charge in [-0.05, 0) is 62.8 Å². The Morgan fingerprint density at radius 3 is 2.67 bits per heavy atom. The molecule has 6 rings (SSSR count). The molecule has 10 nitrogen and oxygen atoms in total. The minimum atomic E-state index is 0.0352. The molecule has 0 radical (unpaired) electrons. The number of ether oxygens (including phenoxy) is 1. The highest BCUT2D eigenvalue weighted by Gasteiger charge is 2.26. The van der Waals surface area contributed by atoms with Crippen LogP contribution in [0.15, 0.2) is 36.7 Å². The molecule has 200 valence electrons. The number of hydrogen-bond donors (Lipinski definition) is 2. The molecule has 1 saturated carbocycles. The van der Waals surface area contributed by atoms with Crippen molar-refractivity contribution in [3.8, 4) is 28.0 Å². The average molecular weight is 543 g/mol. The van der Waals surface area contributed by atoms with Crippen molar-refractivity contribution in [3.63, 3.8) is 0 Å². The quantitative estimate of drug-likeness (QED) is 0.363. The molecule has 1 saturated heterocycles. The Hall–Kier alpha value is -3.88. The molecule has 39 heavy (non-hydrogen) atoms. The topological polar surface area (TPSA) is 130 Å².